The molecule has 276 valence electrons. The van der Waals surface area contributed by atoms with Crippen molar-refractivity contribution in [3.8, 4) is 16.9 Å². The third-order valence-corrected chi connectivity index (χ3v) is 16.1. The van der Waals surface area contributed by atoms with Gasteiger partial charge in [-0.2, -0.15) is 0 Å². The molecule has 3 aliphatic heterocycles. The molecule has 6 aliphatic rings. The molecule has 5 aromatic carbocycles. The Morgan fingerprint density at radius 1 is 0.574 bits per heavy atom. The van der Waals surface area contributed by atoms with Crippen LogP contribution in [0.4, 0.5) is 0 Å². The van der Waals surface area contributed by atoms with E-state index < -0.39 is 0 Å². The zero-order valence-corrected chi connectivity index (χ0v) is 32.0. The summed E-state index contributed by atoms with van der Waals surface area (Å²) in [7, 11) is 0. The number of hydrogen-bond donors (Lipinski definition) is 3. The molecule has 0 radical (unpaired) electrons. The largest absolute Gasteiger partial charge is 0.489 e. The average molecular weight is 732 g/mol. The third kappa shape index (κ3) is 6.02. The highest BCUT2D eigenvalue weighted by Crippen LogP contribution is 2.56. The van der Waals surface area contributed by atoms with Gasteiger partial charge in [-0.15, -0.1) is 11.8 Å². The van der Waals surface area contributed by atoms with E-state index in [9.17, 15) is 0 Å². The lowest BCUT2D eigenvalue weighted by atomic mass is 9.67. The van der Waals surface area contributed by atoms with E-state index in [1.54, 1.807) is 10.5 Å². The minimum absolute atomic E-state index is 0.141. The SMILES string of the molecule is c1ccc(C2NC(C3CCC(C4CCC5c6ccc(-c7cccc8ccccc78)cc6SC5C4)CC3)NC(C3CCCC4c5ccccc5OC43)N2)cc1. The Kier molecular flexibility index (Phi) is 8.84. The fraction of sp³-hybridized carbons (Fsp3) is 0.429. The molecule has 0 aromatic heterocycles. The molecule has 0 amide bonds. The maximum Gasteiger partial charge on any atom is 0.123 e. The highest BCUT2D eigenvalue weighted by Gasteiger charge is 2.48. The van der Waals surface area contributed by atoms with Crippen molar-refractivity contribution < 1.29 is 4.74 Å². The number of para-hydroxylation sites is 1. The van der Waals surface area contributed by atoms with Crippen LogP contribution in [0, 0.1) is 23.7 Å². The van der Waals surface area contributed by atoms with Crippen molar-refractivity contribution in [1.82, 2.24) is 16.0 Å². The van der Waals surface area contributed by atoms with Gasteiger partial charge in [0.2, 0.25) is 0 Å². The van der Waals surface area contributed by atoms with Crippen LogP contribution < -0.4 is 20.7 Å². The van der Waals surface area contributed by atoms with Crippen LogP contribution in [0.5, 0.6) is 5.75 Å². The summed E-state index contributed by atoms with van der Waals surface area (Å²) in [5, 5.41) is 15.7. The molecule has 3 aliphatic carbocycles. The summed E-state index contributed by atoms with van der Waals surface area (Å²) < 4.78 is 6.77. The predicted octanol–water partition coefficient (Wildman–Crippen LogP) is 11.1. The number of thioether (sulfide) groups is 1. The molecule has 4 nitrogen and oxygen atoms in total. The molecule has 0 spiro atoms. The summed E-state index contributed by atoms with van der Waals surface area (Å²) >= 11 is 2.20. The van der Waals surface area contributed by atoms with E-state index in [0.717, 1.165) is 28.8 Å². The van der Waals surface area contributed by atoms with Gasteiger partial charge in [0.1, 0.15) is 11.9 Å². The number of ether oxygens (including phenoxy) is 1. The average Bonchev–Trinajstić information content (AvgIpc) is 3.81. The molecule has 5 aromatic rings. The Morgan fingerprint density at radius 2 is 1.35 bits per heavy atom. The van der Waals surface area contributed by atoms with Crippen LogP contribution in [0.25, 0.3) is 21.9 Å². The highest BCUT2D eigenvalue weighted by molar-refractivity contribution is 8.00. The van der Waals surface area contributed by atoms with E-state index in [1.807, 2.05) is 0 Å². The second-order valence-corrected chi connectivity index (χ2v) is 18.7. The van der Waals surface area contributed by atoms with Crippen LogP contribution in [0.1, 0.15) is 98.9 Å². The maximum absolute atomic E-state index is 6.77. The molecule has 3 N–H and O–H groups in total. The van der Waals surface area contributed by atoms with Gasteiger partial charge in [-0.05, 0) is 127 Å². The van der Waals surface area contributed by atoms with Crippen LogP contribution in [-0.2, 0) is 0 Å². The summed E-state index contributed by atoms with van der Waals surface area (Å²) in [5.74, 6) is 5.17. The summed E-state index contributed by atoms with van der Waals surface area (Å²) in [5.41, 5.74) is 7.11. The van der Waals surface area contributed by atoms with Crippen LogP contribution in [-0.4, -0.2) is 23.7 Å². The number of rotatable bonds is 5. The summed E-state index contributed by atoms with van der Waals surface area (Å²) in [6.07, 6.45) is 14.1. The number of fused-ring (bicyclic) bond motifs is 7. The quantitative estimate of drug-likeness (QED) is 0.168. The molecule has 5 heteroatoms. The second kappa shape index (κ2) is 14.2. The van der Waals surface area contributed by atoms with Crippen LogP contribution >= 0.6 is 11.8 Å². The molecule has 54 heavy (non-hydrogen) atoms. The lowest BCUT2D eigenvalue weighted by Gasteiger charge is -2.49. The minimum Gasteiger partial charge on any atom is -0.489 e. The number of benzene rings is 5. The van der Waals surface area contributed by atoms with E-state index in [4.69, 9.17) is 4.74 Å². The van der Waals surface area contributed by atoms with Gasteiger partial charge >= 0.3 is 0 Å². The Morgan fingerprint density at radius 3 is 2.28 bits per heavy atom. The Labute approximate surface area is 325 Å². The van der Waals surface area contributed by atoms with Gasteiger partial charge in [0.05, 0.1) is 18.5 Å². The van der Waals surface area contributed by atoms with Gasteiger partial charge in [-0.3, -0.25) is 16.0 Å². The maximum atomic E-state index is 6.77. The molecular formula is C49H53N3OS. The van der Waals surface area contributed by atoms with Crippen LogP contribution in [0.3, 0.4) is 0 Å². The zero-order valence-electron chi connectivity index (χ0n) is 31.2. The van der Waals surface area contributed by atoms with Crippen molar-refractivity contribution in [2.45, 2.75) is 111 Å². The van der Waals surface area contributed by atoms with Gasteiger partial charge in [0.15, 0.2) is 0 Å². The van der Waals surface area contributed by atoms with E-state index in [2.05, 4.69) is 143 Å². The monoisotopic (exact) mass is 731 g/mol. The Hall–Kier alpha value is -3.61. The first kappa shape index (κ1) is 33.7. The van der Waals surface area contributed by atoms with E-state index in [1.165, 1.54) is 97.2 Å². The summed E-state index contributed by atoms with van der Waals surface area (Å²) in [6.45, 7) is 0. The fourth-order valence-corrected chi connectivity index (χ4v) is 13.6. The van der Waals surface area contributed by atoms with Crippen molar-refractivity contribution in [2.75, 3.05) is 0 Å². The molecule has 9 atom stereocenters. The zero-order chi connectivity index (χ0) is 35.6. The van der Waals surface area contributed by atoms with E-state index >= 15 is 0 Å². The van der Waals surface area contributed by atoms with Gasteiger partial charge in [0, 0.05) is 27.5 Å². The van der Waals surface area contributed by atoms with Crippen molar-refractivity contribution in [3.05, 3.63) is 132 Å². The van der Waals surface area contributed by atoms with Gasteiger partial charge in [-0.25, -0.2) is 0 Å². The van der Waals surface area contributed by atoms with Crippen molar-refractivity contribution in [2.24, 2.45) is 23.7 Å². The first-order valence-corrected chi connectivity index (χ1v) is 22.0. The number of nitrogens with one attached hydrogen (secondary N) is 3. The van der Waals surface area contributed by atoms with E-state index in [0.29, 0.717) is 23.9 Å². The van der Waals surface area contributed by atoms with Crippen molar-refractivity contribution in [1.29, 1.82) is 0 Å². The molecular weight excluding hydrogens is 679 g/mol. The molecule has 3 saturated carbocycles. The third-order valence-electron chi connectivity index (χ3n) is 14.6. The topological polar surface area (TPSA) is 45.3 Å². The fourth-order valence-electron chi connectivity index (χ4n) is 11.9. The molecule has 11 rings (SSSR count). The lowest BCUT2D eigenvalue weighted by Crippen LogP contribution is -2.69. The van der Waals surface area contributed by atoms with Crippen LogP contribution in [0.15, 0.2) is 120 Å². The normalized spacial score (nSPS) is 34.3. The highest BCUT2D eigenvalue weighted by atomic mass is 32.2. The number of hydrogen-bond acceptors (Lipinski definition) is 5. The molecule has 0 bridgehead atoms. The van der Waals surface area contributed by atoms with Crippen molar-refractivity contribution in [3.63, 3.8) is 0 Å². The minimum atomic E-state index is 0.141. The van der Waals surface area contributed by atoms with Crippen LogP contribution in [0.2, 0.25) is 0 Å². The molecule has 3 heterocycles. The lowest BCUT2D eigenvalue weighted by molar-refractivity contribution is 0.0208. The second-order valence-electron chi connectivity index (χ2n) is 17.4. The van der Waals surface area contributed by atoms with Crippen molar-refractivity contribution >= 4 is 22.5 Å². The first-order chi connectivity index (χ1) is 26.7. The summed E-state index contributed by atoms with van der Waals surface area (Å²) in [4.78, 5) is 1.54. The van der Waals surface area contributed by atoms with Gasteiger partial charge < -0.3 is 4.74 Å². The van der Waals surface area contributed by atoms with Gasteiger partial charge in [-0.1, -0.05) is 110 Å². The van der Waals surface area contributed by atoms with Gasteiger partial charge in [0.25, 0.3) is 0 Å². The smallest absolute Gasteiger partial charge is 0.123 e. The molecule has 9 unspecified atom stereocenters. The molecule has 4 fully saturated rings. The van der Waals surface area contributed by atoms with E-state index in [-0.39, 0.29) is 18.4 Å². The predicted molar refractivity (Wildman–Crippen MR) is 222 cm³/mol. The standard InChI is InChI=1S/C49H53N3OS/c1-2-11-32(12-3-1)47-50-48(52-49(51-47)42-18-9-17-41-38-15-6-7-19-43(38)53-46(41)42)33-22-20-30(21-23-33)34-24-26-39-40-27-25-35(29-45(40)54-44(39)28-34)37-16-8-13-31-10-4-5-14-36(31)37/h1-8,10-16,19,25,27,29-30,33-34,39,41-42,44,46-52H,9,17-18,20-24,26,28H2. The summed E-state index contributed by atoms with van der Waals surface area (Å²) in [6, 6.07) is 42.8. The first-order valence-electron chi connectivity index (χ1n) is 21.1. The molecule has 1 saturated heterocycles. The Balaban J connectivity index is 0.762. The Bertz CT molecular complexity index is 2120.